The van der Waals surface area contributed by atoms with Crippen molar-refractivity contribution in [2.24, 2.45) is 5.73 Å². The maximum Gasteiger partial charge on any atom is 0.220 e. The summed E-state index contributed by atoms with van der Waals surface area (Å²) in [6, 6.07) is 0. The Morgan fingerprint density at radius 1 is 1.47 bits per heavy atom. The predicted octanol–water partition coefficient (Wildman–Crippen LogP) is -0.477. The van der Waals surface area contributed by atoms with Crippen LogP contribution in [0.15, 0.2) is 12.4 Å². The Balaban J connectivity index is 1.99. The molecule has 1 amide bonds. The molecule has 0 aliphatic carbocycles. The number of nitrogens with two attached hydrogens (primary N) is 1. The summed E-state index contributed by atoms with van der Waals surface area (Å²) < 4.78 is 1.74. The first kappa shape index (κ1) is 11.6. The number of carbonyl (C=O) groups excluding carboxylic acids is 1. The van der Waals surface area contributed by atoms with E-state index in [0.29, 0.717) is 19.5 Å². The van der Waals surface area contributed by atoms with Crippen molar-refractivity contribution < 1.29 is 4.79 Å². The van der Waals surface area contributed by atoms with Crippen LogP contribution in [0.4, 0.5) is 0 Å². The van der Waals surface area contributed by atoms with Gasteiger partial charge in [0.05, 0.1) is 6.20 Å². The maximum atomic E-state index is 11.2. The van der Waals surface area contributed by atoms with Crippen molar-refractivity contribution in [1.82, 2.24) is 20.3 Å². The number of aryl methyl sites for hydroxylation is 1. The van der Waals surface area contributed by atoms with Gasteiger partial charge in [-0.05, 0) is 19.4 Å². The van der Waals surface area contributed by atoms with E-state index in [2.05, 4.69) is 15.6 Å². The first-order valence-corrected chi connectivity index (χ1v) is 5.14. The highest BCUT2D eigenvalue weighted by Gasteiger charge is 1.99. The molecule has 0 spiro atoms. The number of nitrogens with one attached hydrogen (secondary N) is 1. The van der Waals surface area contributed by atoms with Crippen molar-refractivity contribution in [2.75, 3.05) is 13.1 Å². The van der Waals surface area contributed by atoms with Gasteiger partial charge in [0.25, 0.3) is 0 Å². The summed E-state index contributed by atoms with van der Waals surface area (Å²) in [4.78, 5) is 11.2. The Morgan fingerprint density at radius 2 is 2.33 bits per heavy atom. The maximum absolute atomic E-state index is 11.2. The first-order valence-electron chi connectivity index (χ1n) is 5.14. The van der Waals surface area contributed by atoms with E-state index in [1.807, 2.05) is 0 Å². The molecule has 0 saturated carbocycles. The average Bonchev–Trinajstić information content (AvgIpc) is 2.74. The lowest BCUT2D eigenvalue weighted by molar-refractivity contribution is -0.121. The number of hydrogen-bond donors (Lipinski definition) is 2. The van der Waals surface area contributed by atoms with Crippen LogP contribution < -0.4 is 11.1 Å². The summed E-state index contributed by atoms with van der Waals surface area (Å²) in [5.41, 5.74) is 5.30. The smallest absolute Gasteiger partial charge is 0.220 e. The van der Waals surface area contributed by atoms with Gasteiger partial charge in [0.1, 0.15) is 0 Å². The quantitative estimate of drug-likeness (QED) is 0.597. The molecular formula is C9H17N5O. The molecule has 0 unspecified atom stereocenters. The number of nitrogens with zero attached hydrogens (tertiary/aromatic N) is 3. The van der Waals surface area contributed by atoms with Gasteiger partial charge in [0.15, 0.2) is 0 Å². The summed E-state index contributed by atoms with van der Waals surface area (Å²) in [5, 5.41) is 10.3. The summed E-state index contributed by atoms with van der Waals surface area (Å²) in [7, 11) is 0. The van der Waals surface area contributed by atoms with Gasteiger partial charge in [0.2, 0.25) is 5.91 Å². The molecule has 84 valence electrons. The van der Waals surface area contributed by atoms with Crippen molar-refractivity contribution in [2.45, 2.75) is 25.8 Å². The Labute approximate surface area is 88.8 Å². The molecule has 0 fully saturated rings. The molecule has 1 aromatic rings. The van der Waals surface area contributed by atoms with Crippen LogP contribution in [0.2, 0.25) is 0 Å². The second kappa shape index (κ2) is 6.94. The molecule has 0 aliphatic heterocycles. The zero-order valence-corrected chi connectivity index (χ0v) is 8.72. The van der Waals surface area contributed by atoms with E-state index < -0.39 is 0 Å². The molecule has 0 atom stereocenters. The van der Waals surface area contributed by atoms with Crippen molar-refractivity contribution in [1.29, 1.82) is 0 Å². The van der Waals surface area contributed by atoms with Crippen LogP contribution in [-0.4, -0.2) is 34.0 Å². The summed E-state index contributed by atoms with van der Waals surface area (Å²) in [6.07, 6.45) is 5.56. The first-order chi connectivity index (χ1) is 7.33. The molecule has 6 heteroatoms. The molecule has 0 saturated heterocycles. The molecular weight excluding hydrogens is 194 g/mol. The van der Waals surface area contributed by atoms with Gasteiger partial charge in [-0.3, -0.25) is 9.48 Å². The van der Waals surface area contributed by atoms with Gasteiger partial charge in [-0.2, -0.15) is 0 Å². The van der Waals surface area contributed by atoms with E-state index in [9.17, 15) is 4.79 Å². The second-order valence-electron chi connectivity index (χ2n) is 3.26. The van der Waals surface area contributed by atoms with Gasteiger partial charge in [-0.15, -0.1) is 5.10 Å². The molecule has 1 heterocycles. The standard InChI is InChI=1S/C9H17N5O/c10-4-1-3-9(15)11-5-2-7-14-8-6-12-13-14/h6,8H,1-5,7,10H2,(H,11,15). The highest BCUT2D eigenvalue weighted by molar-refractivity contribution is 5.75. The minimum Gasteiger partial charge on any atom is -0.356 e. The lowest BCUT2D eigenvalue weighted by atomic mass is 10.3. The van der Waals surface area contributed by atoms with Crippen LogP contribution in [-0.2, 0) is 11.3 Å². The lowest BCUT2D eigenvalue weighted by Crippen LogP contribution is -2.25. The monoisotopic (exact) mass is 211 g/mol. The van der Waals surface area contributed by atoms with E-state index in [1.165, 1.54) is 0 Å². The highest BCUT2D eigenvalue weighted by atomic mass is 16.1. The van der Waals surface area contributed by atoms with Crippen LogP contribution in [0.3, 0.4) is 0 Å². The second-order valence-corrected chi connectivity index (χ2v) is 3.26. The van der Waals surface area contributed by atoms with E-state index in [0.717, 1.165) is 19.4 Å². The van der Waals surface area contributed by atoms with E-state index in [4.69, 9.17) is 5.73 Å². The SMILES string of the molecule is NCCCC(=O)NCCCn1ccnn1. The third-order valence-electron chi connectivity index (χ3n) is 1.97. The number of carbonyl (C=O) groups is 1. The molecule has 15 heavy (non-hydrogen) atoms. The average molecular weight is 211 g/mol. The van der Waals surface area contributed by atoms with Crippen LogP contribution in [0, 0.1) is 0 Å². The Kier molecular flexibility index (Phi) is 5.39. The molecule has 0 aromatic carbocycles. The largest absolute Gasteiger partial charge is 0.356 e. The zero-order valence-electron chi connectivity index (χ0n) is 8.72. The predicted molar refractivity (Wildman–Crippen MR) is 55.9 cm³/mol. The molecule has 0 bridgehead atoms. The molecule has 0 aliphatic rings. The molecule has 0 radical (unpaired) electrons. The lowest BCUT2D eigenvalue weighted by Gasteiger charge is -2.04. The topological polar surface area (TPSA) is 85.8 Å². The summed E-state index contributed by atoms with van der Waals surface area (Å²) in [5.74, 6) is 0.0686. The zero-order chi connectivity index (χ0) is 10.9. The number of rotatable bonds is 7. The Hall–Kier alpha value is -1.43. The fourth-order valence-corrected chi connectivity index (χ4v) is 1.17. The summed E-state index contributed by atoms with van der Waals surface area (Å²) in [6.45, 7) is 2.01. The number of hydrogen-bond acceptors (Lipinski definition) is 4. The van der Waals surface area contributed by atoms with Crippen molar-refractivity contribution >= 4 is 5.91 Å². The van der Waals surface area contributed by atoms with Crippen molar-refractivity contribution in [3.63, 3.8) is 0 Å². The third-order valence-corrected chi connectivity index (χ3v) is 1.97. The third kappa shape index (κ3) is 5.11. The van der Waals surface area contributed by atoms with Crippen LogP contribution in [0.1, 0.15) is 19.3 Å². The van der Waals surface area contributed by atoms with E-state index in [1.54, 1.807) is 17.1 Å². The van der Waals surface area contributed by atoms with E-state index >= 15 is 0 Å². The molecule has 1 rings (SSSR count). The van der Waals surface area contributed by atoms with Gasteiger partial charge >= 0.3 is 0 Å². The van der Waals surface area contributed by atoms with Gasteiger partial charge in [-0.25, -0.2) is 0 Å². The van der Waals surface area contributed by atoms with Crippen molar-refractivity contribution in [3.05, 3.63) is 12.4 Å². The fraction of sp³-hybridized carbons (Fsp3) is 0.667. The number of aromatic nitrogens is 3. The minimum atomic E-state index is 0.0686. The van der Waals surface area contributed by atoms with Crippen molar-refractivity contribution in [3.8, 4) is 0 Å². The molecule has 6 nitrogen and oxygen atoms in total. The Morgan fingerprint density at radius 3 is 3.00 bits per heavy atom. The normalized spacial score (nSPS) is 10.2. The Bertz CT molecular complexity index is 272. The minimum absolute atomic E-state index is 0.0686. The van der Waals surface area contributed by atoms with Gasteiger partial charge in [0, 0.05) is 25.7 Å². The van der Waals surface area contributed by atoms with Gasteiger partial charge in [-0.1, -0.05) is 5.21 Å². The number of amides is 1. The van der Waals surface area contributed by atoms with Crippen LogP contribution in [0.5, 0.6) is 0 Å². The highest BCUT2D eigenvalue weighted by Crippen LogP contribution is 1.88. The summed E-state index contributed by atoms with van der Waals surface area (Å²) >= 11 is 0. The van der Waals surface area contributed by atoms with Crippen LogP contribution in [0.25, 0.3) is 0 Å². The molecule has 1 aromatic heterocycles. The van der Waals surface area contributed by atoms with E-state index in [-0.39, 0.29) is 5.91 Å². The van der Waals surface area contributed by atoms with Gasteiger partial charge < -0.3 is 11.1 Å². The fourth-order valence-electron chi connectivity index (χ4n) is 1.17. The molecule has 3 N–H and O–H groups in total. The van der Waals surface area contributed by atoms with Crippen LogP contribution >= 0.6 is 0 Å².